The number of benzene rings is 2. The van der Waals surface area contributed by atoms with Gasteiger partial charge in [0.15, 0.2) is 5.75 Å². The molecule has 3 nitrogen and oxygen atoms in total. The van der Waals surface area contributed by atoms with Gasteiger partial charge in [0, 0.05) is 15.2 Å². The zero-order chi connectivity index (χ0) is 14.7. The molecular formula is C13H7Br3ClNO2. The number of hydrogen-bond acceptors (Lipinski definition) is 2. The smallest absolute Gasteiger partial charge is 0.408 e. The minimum Gasteiger partial charge on any atom is -0.408 e. The van der Waals surface area contributed by atoms with Gasteiger partial charge in [0.1, 0.15) is 0 Å². The van der Waals surface area contributed by atoms with Crippen LogP contribution in [0.4, 0.5) is 10.5 Å². The van der Waals surface area contributed by atoms with Crippen molar-refractivity contribution in [3.63, 3.8) is 0 Å². The second-order valence-electron chi connectivity index (χ2n) is 3.72. The number of anilines is 1. The molecule has 0 unspecified atom stereocenters. The number of hydrogen-bond donors (Lipinski definition) is 1. The van der Waals surface area contributed by atoms with E-state index in [2.05, 4.69) is 53.1 Å². The van der Waals surface area contributed by atoms with Gasteiger partial charge in [-0.3, -0.25) is 5.32 Å². The summed E-state index contributed by atoms with van der Waals surface area (Å²) in [6.45, 7) is 0. The Balaban J connectivity index is 2.13. The van der Waals surface area contributed by atoms with Crippen LogP contribution >= 0.6 is 59.4 Å². The fourth-order valence-electron chi connectivity index (χ4n) is 1.43. The predicted molar refractivity (Wildman–Crippen MR) is 90.6 cm³/mol. The molecule has 1 amide bonds. The highest BCUT2D eigenvalue weighted by Gasteiger charge is 2.13. The van der Waals surface area contributed by atoms with Crippen LogP contribution in [0.1, 0.15) is 0 Å². The van der Waals surface area contributed by atoms with Gasteiger partial charge in [-0.05, 0) is 62.2 Å². The summed E-state index contributed by atoms with van der Waals surface area (Å²) < 4.78 is 7.43. The molecule has 0 aliphatic carbocycles. The summed E-state index contributed by atoms with van der Waals surface area (Å²) in [6.07, 6.45) is -0.601. The number of carbonyl (C=O) groups is 1. The van der Waals surface area contributed by atoms with Crippen molar-refractivity contribution in [1.82, 2.24) is 0 Å². The summed E-state index contributed by atoms with van der Waals surface area (Å²) in [5.74, 6) is 0.396. The van der Waals surface area contributed by atoms with Crippen LogP contribution in [0.25, 0.3) is 0 Å². The van der Waals surface area contributed by atoms with Gasteiger partial charge in [-0.1, -0.05) is 33.6 Å². The molecule has 1 N–H and O–H groups in total. The van der Waals surface area contributed by atoms with Crippen LogP contribution in [0.5, 0.6) is 5.75 Å². The molecule has 0 heterocycles. The van der Waals surface area contributed by atoms with Crippen molar-refractivity contribution >= 4 is 71.2 Å². The number of carbonyl (C=O) groups excluding carboxylic acids is 1. The summed E-state index contributed by atoms with van der Waals surface area (Å²) in [7, 11) is 0. The number of amides is 1. The molecule has 0 saturated carbocycles. The van der Waals surface area contributed by atoms with Crippen LogP contribution in [-0.4, -0.2) is 6.09 Å². The largest absolute Gasteiger partial charge is 0.417 e. The molecule has 0 aromatic heterocycles. The lowest BCUT2D eigenvalue weighted by molar-refractivity contribution is 0.214. The Kier molecular flexibility index (Phi) is 5.49. The Bertz CT molecular complexity index is 641. The molecule has 0 atom stereocenters. The van der Waals surface area contributed by atoms with Crippen LogP contribution in [0, 0.1) is 0 Å². The van der Waals surface area contributed by atoms with Crippen molar-refractivity contribution in [2.75, 3.05) is 5.32 Å². The highest BCUT2D eigenvalue weighted by Crippen LogP contribution is 2.36. The third-order valence-corrected chi connectivity index (χ3v) is 4.10. The van der Waals surface area contributed by atoms with E-state index in [1.54, 1.807) is 36.4 Å². The van der Waals surface area contributed by atoms with Crippen LogP contribution in [0.3, 0.4) is 0 Å². The van der Waals surface area contributed by atoms with Gasteiger partial charge in [-0.2, -0.15) is 0 Å². The zero-order valence-electron chi connectivity index (χ0n) is 9.79. The van der Waals surface area contributed by atoms with E-state index in [0.29, 0.717) is 25.4 Å². The maximum atomic E-state index is 11.9. The van der Waals surface area contributed by atoms with Crippen molar-refractivity contribution in [3.05, 3.63) is 54.8 Å². The first-order chi connectivity index (χ1) is 9.45. The lowest BCUT2D eigenvalue weighted by atomic mass is 10.3. The number of ether oxygens (including phenoxy) is 1. The lowest BCUT2D eigenvalue weighted by Crippen LogP contribution is -2.17. The van der Waals surface area contributed by atoms with Crippen LogP contribution in [0.2, 0.25) is 5.02 Å². The van der Waals surface area contributed by atoms with E-state index in [4.69, 9.17) is 16.3 Å². The summed E-state index contributed by atoms with van der Waals surface area (Å²) >= 11 is 15.9. The third kappa shape index (κ3) is 4.22. The van der Waals surface area contributed by atoms with E-state index in [1.807, 2.05) is 0 Å². The number of halogens is 4. The average Bonchev–Trinajstić information content (AvgIpc) is 2.33. The van der Waals surface area contributed by atoms with Gasteiger partial charge < -0.3 is 4.74 Å². The maximum Gasteiger partial charge on any atom is 0.417 e. The molecule has 2 aromatic rings. The summed E-state index contributed by atoms with van der Waals surface area (Å²) in [6, 6.07) is 10.4. The average molecular weight is 484 g/mol. The Morgan fingerprint density at radius 1 is 1.10 bits per heavy atom. The van der Waals surface area contributed by atoms with E-state index in [-0.39, 0.29) is 0 Å². The first kappa shape index (κ1) is 15.8. The number of nitrogens with one attached hydrogen (secondary N) is 1. The van der Waals surface area contributed by atoms with Crippen LogP contribution in [-0.2, 0) is 0 Å². The molecule has 0 spiro atoms. The van der Waals surface area contributed by atoms with Crippen LogP contribution in [0.15, 0.2) is 49.8 Å². The molecule has 0 saturated heterocycles. The van der Waals surface area contributed by atoms with Crippen molar-refractivity contribution < 1.29 is 9.53 Å². The molecule has 2 rings (SSSR count). The highest BCUT2D eigenvalue weighted by atomic mass is 79.9. The molecule has 0 fully saturated rings. The first-order valence-corrected chi connectivity index (χ1v) is 8.10. The number of rotatable bonds is 2. The predicted octanol–water partition coefficient (Wildman–Crippen LogP) is 6.24. The molecule has 0 radical (unpaired) electrons. The van der Waals surface area contributed by atoms with Gasteiger partial charge in [0.05, 0.1) is 8.95 Å². The maximum absolute atomic E-state index is 11.9. The molecular weight excluding hydrogens is 477 g/mol. The molecule has 0 aliphatic rings. The minimum atomic E-state index is -0.601. The van der Waals surface area contributed by atoms with E-state index >= 15 is 0 Å². The van der Waals surface area contributed by atoms with Crippen molar-refractivity contribution in [1.29, 1.82) is 0 Å². The summed E-state index contributed by atoms with van der Waals surface area (Å²) in [4.78, 5) is 11.9. The first-order valence-electron chi connectivity index (χ1n) is 5.34. The molecule has 0 bridgehead atoms. The summed E-state index contributed by atoms with van der Waals surface area (Å²) in [5.41, 5.74) is 0.562. The topological polar surface area (TPSA) is 38.3 Å². The Labute approximate surface area is 146 Å². The normalized spacial score (nSPS) is 10.2. The fraction of sp³-hybridized carbons (Fsp3) is 0. The zero-order valence-corrected chi connectivity index (χ0v) is 15.3. The van der Waals surface area contributed by atoms with Crippen molar-refractivity contribution in [2.24, 2.45) is 0 Å². The van der Waals surface area contributed by atoms with Gasteiger partial charge in [0.25, 0.3) is 0 Å². The van der Waals surface area contributed by atoms with Crippen LogP contribution < -0.4 is 10.1 Å². The van der Waals surface area contributed by atoms with Gasteiger partial charge in [-0.25, -0.2) is 4.79 Å². The Hall–Kier alpha value is -0.560. The van der Waals surface area contributed by atoms with E-state index in [0.717, 1.165) is 4.47 Å². The third-order valence-electron chi connectivity index (χ3n) is 2.23. The molecule has 20 heavy (non-hydrogen) atoms. The van der Waals surface area contributed by atoms with Crippen molar-refractivity contribution in [3.8, 4) is 5.75 Å². The molecule has 2 aromatic carbocycles. The fourth-order valence-corrected chi connectivity index (χ4v) is 4.04. The second kappa shape index (κ2) is 6.93. The summed E-state index contributed by atoms with van der Waals surface area (Å²) in [5, 5.41) is 3.14. The molecule has 7 heteroatoms. The Morgan fingerprint density at radius 2 is 1.75 bits per heavy atom. The lowest BCUT2D eigenvalue weighted by Gasteiger charge is -2.10. The molecule has 0 aliphatic heterocycles. The SMILES string of the molecule is O=C(Nc1cccc(Cl)c1)Oc1c(Br)cc(Br)cc1Br. The highest BCUT2D eigenvalue weighted by molar-refractivity contribution is 9.11. The molecule has 104 valence electrons. The minimum absolute atomic E-state index is 0.396. The van der Waals surface area contributed by atoms with Crippen molar-refractivity contribution in [2.45, 2.75) is 0 Å². The second-order valence-corrected chi connectivity index (χ2v) is 6.78. The van der Waals surface area contributed by atoms with Gasteiger partial charge in [-0.15, -0.1) is 0 Å². The monoisotopic (exact) mass is 481 g/mol. The van der Waals surface area contributed by atoms with Gasteiger partial charge >= 0.3 is 6.09 Å². The van der Waals surface area contributed by atoms with E-state index in [9.17, 15) is 4.79 Å². The quantitative estimate of drug-likeness (QED) is 0.548. The standard InChI is InChI=1S/C13H7Br3ClNO2/c14-7-4-10(15)12(11(16)5-7)20-13(19)18-9-3-1-2-8(17)6-9/h1-6H,(H,18,19). The van der Waals surface area contributed by atoms with E-state index in [1.165, 1.54) is 0 Å². The van der Waals surface area contributed by atoms with Gasteiger partial charge in [0.2, 0.25) is 0 Å². The Morgan fingerprint density at radius 3 is 2.35 bits per heavy atom. The van der Waals surface area contributed by atoms with E-state index < -0.39 is 6.09 Å².